The molecule has 1 aliphatic rings. The number of piperazine rings is 1. The maximum absolute atomic E-state index is 5.49. The molecule has 0 aromatic heterocycles. The topological polar surface area (TPSA) is 33.7 Å². The van der Waals surface area contributed by atoms with Gasteiger partial charge in [0.25, 0.3) is 0 Å². The number of ether oxygens (including phenoxy) is 2. The summed E-state index contributed by atoms with van der Waals surface area (Å²) in [6.07, 6.45) is 2.43. The molecule has 1 aromatic carbocycles. The molecule has 106 valence electrons. The minimum atomic E-state index is 0.575. The summed E-state index contributed by atoms with van der Waals surface area (Å²) in [5.41, 5.74) is 1.16. The lowest BCUT2D eigenvalue weighted by Crippen LogP contribution is -2.50. The molecule has 1 aliphatic heterocycles. The largest absolute Gasteiger partial charge is 0.497 e. The summed E-state index contributed by atoms with van der Waals surface area (Å²) in [6.45, 7) is 5.31. The van der Waals surface area contributed by atoms with Gasteiger partial charge < -0.3 is 19.7 Å². The van der Waals surface area contributed by atoms with Crippen LogP contribution in [0.1, 0.15) is 19.8 Å². The third kappa shape index (κ3) is 3.32. The highest BCUT2D eigenvalue weighted by Gasteiger charge is 2.21. The lowest BCUT2D eigenvalue weighted by molar-refractivity contribution is 0.389. The third-order valence-electron chi connectivity index (χ3n) is 3.62. The monoisotopic (exact) mass is 264 g/mol. The van der Waals surface area contributed by atoms with E-state index in [1.54, 1.807) is 14.2 Å². The molecule has 0 bridgehead atoms. The lowest BCUT2D eigenvalue weighted by atomic mass is 10.1. The second-order valence-corrected chi connectivity index (χ2v) is 4.92. The van der Waals surface area contributed by atoms with Crippen molar-refractivity contribution in [2.75, 3.05) is 38.8 Å². The van der Waals surface area contributed by atoms with Crippen molar-refractivity contribution in [2.24, 2.45) is 0 Å². The fourth-order valence-electron chi connectivity index (χ4n) is 2.63. The molecule has 4 nitrogen and oxygen atoms in total. The van der Waals surface area contributed by atoms with Crippen molar-refractivity contribution in [1.29, 1.82) is 0 Å². The van der Waals surface area contributed by atoms with E-state index in [2.05, 4.69) is 23.2 Å². The average molecular weight is 264 g/mol. The first-order valence-electron chi connectivity index (χ1n) is 6.98. The molecule has 0 spiro atoms. The number of rotatable bonds is 5. The first-order chi connectivity index (χ1) is 9.28. The predicted molar refractivity (Wildman–Crippen MR) is 78.5 cm³/mol. The standard InChI is InChI=1S/C15H24N2O2/c1-4-5-12-11-17(9-8-16-12)14-7-6-13(18-2)10-15(14)19-3/h6-7,10,12,16H,4-5,8-9,11H2,1-3H3. The van der Waals surface area contributed by atoms with Crippen LogP contribution in [-0.2, 0) is 0 Å². The molecule has 0 amide bonds. The van der Waals surface area contributed by atoms with Gasteiger partial charge in [-0.15, -0.1) is 0 Å². The van der Waals surface area contributed by atoms with Gasteiger partial charge in [0.15, 0.2) is 0 Å². The summed E-state index contributed by atoms with van der Waals surface area (Å²) in [5.74, 6) is 1.72. The Bertz CT molecular complexity index is 407. The molecule has 2 rings (SSSR count). The maximum atomic E-state index is 5.49. The molecule has 1 heterocycles. The van der Waals surface area contributed by atoms with Crippen molar-refractivity contribution in [3.05, 3.63) is 18.2 Å². The minimum Gasteiger partial charge on any atom is -0.497 e. The van der Waals surface area contributed by atoms with E-state index in [0.717, 1.165) is 36.8 Å². The van der Waals surface area contributed by atoms with E-state index < -0.39 is 0 Å². The first kappa shape index (κ1) is 14.0. The van der Waals surface area contributed by atoms with Gasteiger partial charge in [0.2, 0.25) is 0 Å². The van der Waals surface area contributed by atoms with E-state index >= 15 is 0 Å². The van der Waals surface area contributed by atoms with Gasteiger partial charge in [-0.3, -0.25) is 0 Å². The van der Waals surface area contributed by atoms with Crippen molar-refractivity contribution < 1.29 is 9.47 Å². The molecule has 1 aromatic rings. The molecule has 0 aliphatic carbocycles. The van der Waals surface area contributed by atoms with Gasteiger partial charge in [-0.25, -0.2) is 0 Å². The van der Waals surface area contributed by atoms with Gasteiger partial charge >= 0.3 is 0 Å². The van der Waals surface area contributed by atoms with Crippen LogP contribution in [0.4, 0.5) is 5.69 Å². The number of methoxy groups -OCH3 is 2. The van der Waals surface area contributed by atoms with Crippen LogP contribution in [0.5, 0.6) is 11.5 Å². The zero-order valence-electron chi connectivity index (χ0n) is 12.1. The Morgan fingerprint density at radius 2 is 2.16 bits per heavy atom. The highest BCUT2D eigenvalue weighted by Crippen LogP contribution is 2.32. The lowest BCUT2D eigenvalue weighted by Gasteiger charge is -2.36. The van der Waals surface area contributed by atoms with Crippen LogP contribution in [0.3, 0.4) is 0 Å². The van der Waals surface area contributed by atoms with Gasteiger partial charge in [-0.2, -0.15) is 0 Å². The van der Waals surface area contributed by atoms with E-state index in [4.69, 9.17) is 9.47 Å². The van der Waals surface area contributed by atoms with E-state index in [1.807, 2.05) is 12.1 Å². The summed E-state index contributed by atoms with van der Waals surface area (Å²) in [5, 5.41) is 3.57. The van der Waals surface area contributed by atoms with Crippen LogP contribution in [0.2, 0.25) is 0 Å². The van der Waals surface area contributed by atoms with Crippen LogP contribution >= 0.6 is 0 Å². The third-order valence-corrected chi connectivity index (χ3v) is 3.62. The fraction of sp³-hybridized carbons (Fsp3) is 0.600. The Morgan fingerprint density at radius 3 is 2.84 bits per heavy atom. The van der Waals surface area contributed by atoms with Gasteiger partial charge in [-0.1, -0.05) is 13.3 Å². The van der Waals surface area contributed by atoms with Crippen LogP contribution in [-0.4, -0.2) is 39.9 Å². The molecule has 1 unspecified atom stereocenters. The zero-order chi connectivity index (χ0) is 13.7. The summed E-state index contributed by atoms with van der Waals surface area (Å²) < 4.78 is 10.7. The Labute approximate surface area is 115 Å². The molecule has 1 fully saturated rings. The van der Waals surface area contributed by atoms with Crippen LogP contribution in [0.15, 0.2) is 18.2 Å². The smallest absolute Gasteiger partial charge is 0.145 e. The Balaban J connectivity index is 2.16. The number of benzene rings is 1. The van der Waals surface area contributed by atoms with Crippen LogP contribution in [0.25, 0.3) is 0 Å². The quantitative estimate of drug-likeness (QED) is 0.884. The van der Waals surface area contributed by atoms with Gasteiger partial charge in [-0.05, 0) is 18.6 Å². The van der Waals surface area contributed by atoms with Crippen molar-refractivity contribution in [2.45, 2.75) is 25.8 Å². The predicted octanol–water partition coefficient (Wildman–Crippen LogP) is 2.28. The number of nitrogens with one attached hydrogen (secondary N) is 1. The minimum absolute atomic E-state index is 0.575. The maximum Gasteiger partial charge on any atom is 0.145 e. The molecule has 4 heteroatoms. The molecule has 1 atom stereocenters. The average Bonchev–Trinajstić information content (AvgIpc) is 2.47. The summed E-state index contributed by atoms with van der Waals surface area (Å²) in [7, 11) is 3.39. The Kier molecular flexibility index (Phi) is 4.91. The number of hydrogen-bond donors (Lipinski definition) is 1. The number of hydrogen-bond acceptors (Lipinski definition) is 4. The fourth-order valence-corrected chi connectivity index (χ4v) is 2.63. The molecular formula is C15H24N2O2. The van der Waals surface area contributed by atoms with Gasteiger partial charge in [0, 0.05) is 31.7 Å². The molecule has 0 saturated carbocycles. The summed E-state index contributed by atoms with van der Waals surface area (Å²) in [4.78, 5) is 2.40. The second-order valence-electron chi connectivity index (χ2n) is 4.92. The highest BCUT2D eigenvalue weighted by molar-refractivity contribution is 5.61. The van der Waals surface area contributed by atoms with Crippen molar-refractivity contribution >= 4 is 5.69 Å². The normalized spacial score (nSPS) is 19.3. The van der Waals surface area contributed by atoms with Gasteiger partial charge in [0.1, 0.15) is 11.5 Å². The summed E-state index contributed by atoms with van der Waals surface area (Å²) in [6, 6.07) is 6.61. The Morgan fingerprint density at radius 1 is 1.32 bits per heavy atom. The molecule has 0 radical (unpaired) electrons. The Hall–Kier alpha value is -1.42. The van der Waals surface area contributed by atoms with Crippen molar-refractivity contribution in [3.8, 4) is 11.5 Å². The SMILES string of the molecule is CCCC1CN(c2ccc(OC)cc2OC)CCN1. The number of anilines is 1. The molecule has 19 heavy (non-hydrogen) atoms. The summed E-state index contributed by atoms with van der Waals surface area (Å²) >= 11 is 0. The molecule has 1 N–H and O–H groups in total. The van der Waals surface area contributed by atoms with E-state index in [1.165, 1.54) is 12.8 Å². The van der Waals surface area contributed by atoms with E-state index in [-0.39, 0.29) is 0 Å². The zero-order valence-corrected chi connectivity index (χ0v) is 12.1. The molecule has 1 saturated heterocycles. The van der Waals surface area contributed by atoms with Crippen LogP contribution in [0, 0.1) is 0 Å². The van der Waals surface area contributed by atoms with Crippen LogP contribution < -0.4 is 19.7 Å². The van der Waals surface area contributed by atoms with E-state index in [0.29, 0.717) is 6.04 Å². The van der Waals surface area contributed by atoms with E-state index in [9.17, 15) is 0 Å². The van der Waals surface area contributed by atoms with Gasteiger partial charge in [0.05, 0.1) is 19.9 Å². The first-order valence-corrected chi connectivity index (χ1v) is 6.98. The van der Waals surface area contributed by atoms with Crippen molar-refractivity contribution in [3.63, 3.8) is 0 Å². The molecular weight excluding hydrogens is 240 g/mol. The highest BCUT2D eigenvalue weighted by atomic mass is 16.5. The van der Waals surface area contributed by atoms with Crippen molar-refractivity contribution in [1.82, 2.24) is 5.32 Å². The second kappa shape index (κ2) is 6.66. The number of nitrogens with zero attached hydrogens (tertiary/aromatic N) is 1.